The molecule has 3 rings (SSSR count). The molecular weight excluding hydrogens is 360 g/mol. The number of aryl methyl sites for hydroxylation is 2. The van der Waals surface area contributed by atoms with Gasteiger partial charge in [-0.2, -0.15) is 0 Å². The van der Waals surface area contributed by atoms with Crippen LogP contribution in [0.2, 0.25) is 5.02 Å². The number of carbonyl (C=O) groups excluding carboxylic acids is 1. The third-order valence-corrected chi connectivity index (χ3v) is 4.74. The molecule has 138 valence electrons. The first kappa shape index (κ1) is 18.5. The first-order valence-corrected chi connectivity index (χ1v) is 8.75. The number of carbonyl (C=O) groups is 1. The summed E-state index contributed by atoms with van der Waals surface area (Å²) in [5, 5.41) is 3.31. The predicted octanol–water partition coefficient (Wildman–Crippen LogP) is 4.59. The lowest BCUT2D eigenvalue weighted by atomic mass is 10.1. The maximum Gasteiger partial charge on any atom is 0.321 e. The quantitative estimate of drug-likeness (QED) is 0.828. The average molecular weight is 380 g/mol. The van der Waals surface area contributed by atoms with Gasteiger partial charge in [-0.05, 0) is 43.2 Å². The molecule has 2 aromatic rings. The van der Waals surface area contributed by atoms with Gasteiger partial charge in [-0.1, -0.05) is 17.7 Å². The molecule has 1 heterocycles. The number of nitrogens with one attached hydrogen (secondary N) is 1. The van der Waals surface area contributed by atoms with Crippen molar-refractivity contribution in [2.45, 2.75) is 13.8 Å². The molecular formula is C19H20ClF2N3O. The van der Waals surface area contributed by atoms with Gasteiger partial charge in [0.15, 0.2) is 11.6 Å². The van der Waals surface area contributed by atoms with Gasteiger partial charge in [0, 0.05) is 37.9 Å². The third-order valence-electron chi connectivity index (χ3n) is 4.45. The number of benzene rings is 2. The van der Waals surface area contributed by atoms with Crippen molar-refractivity contribution >= 4 is 29.0 Å². The highest BCUT2D eigenvalue weighted by molar-refractivity contribution is 6.33. The molecule has 0 aromatic heterocycles. The molecule has 0 unspecified atom stereocenters. The first-order chi connectivity index (χ1) is 12.3. The molecule has 0 spiro atoms. The Morgan fingerprint density at radius 1 is 1.04 bits per heavy atom. The lowest BCUT2D eigenvalue weighted by Crippen LogP contribution is -2.50. The molecule has 0 atom stereocenters. The zero-order valence-corrected chi connectivity index (χ0v) is 15.4. The number of halogens is 3. The molecule has 0 radical (unpaired) electrons. The van der Waals surface area contributed by atoms with Crippen molar-refractivity contribution in [3.05, 3.63) is 58.1 Å². The van der Waals surface area contributed by atoms with E-state index in [4.69, 9.17) is 11.6 Å². The van der Waals surface area contributed by atoms with Gasteiger partial charge in [0.05, 0.1) is 10.7 Å². The molecule has 1 saturated heterocycles. The van der Waals surface area contributed by atoms with Gasteiger partial charge < -0.3 is 15.1 Å². The van der Waals surface area contributed by atoms with Crippen molar-refractivity contribution in [3.8, 4) is 0 Å². The Hall–Kier alpha value is -2.34. The van der Waals surface area contributed by atoms with E-state index in [1.54, 1.807) is 4.90 Å². The number of nitrogens with zero attached hydrogens (tertiary/aromatic N) is 2. The van der Waals surface area contributed by atoms with Crippen LogP contribution in [0.25, 0.3) is 0 Å². The molecule has 0 aliphatic carbocycles. The highest BCUT2D eigenvalue weighted by Crippen LogP contribution is 2.31. The zero-order valence-electron chi connectivity index (χ0n) is 14.7. The molecule has 4 nitrogen and oxygen atoms in total. The van der Waals surface area contributed by atoms with E-state index in [1.165, 1.54) is 6.07 Å². The summed E-state index contributed by atoms with van der Waals surface area (Å²) < 4.78 is 26.2. The summed E-state index contributed by atoms with van der Waals surface area (Å²) in [6, 6.07) is 6.99. The van der Waals surface area contributed by atoms with Gasteiger partial charge in [0.1, 0.15) is 0 Å². The minimum atomic E-state index is -0.989. The van der Waals surface area contributed by atoms with E-state index in [1.807, 2.05) is 19.9 Å². The Kier molecular flexibility index (Phi) is 5.32. The molecule has 0 saturated carbocycles. The first-order valence-electron chi connectivity index (χ1n) is 8.38. The van der Waals surface area contributed by atoms with Gasteiger partial charge in [-0.15, -0.1) is 0 Å². The van der Waals surface area contributed by atoms with Gasteiger partial charge in [0.25, 0.3) is 0 Å². The fourth-order valence-electron chi connectivity index (χ4n) is 3.22. The van der Waals surface area contributed by atoms with Crippen molar-refractivity contribution in [3.63, 3.8) is 0 Å². The lowest BCUT2D eigenvalue weighted by Gasteiger charge is -2.37. The summed E-state index contributed by atoms with van der Waals surface area (Å²) in [5.41, 5.74) is 3.45. The lowest BCUT2D eigenvalue weighted by molar-refractivity contribution is 0.208. The Morgan fingerprint density at radius 3 is 2.35 bits per heavy atom. The average Bonchev–Trinajstić information content (AvgIpc) is 2.58. The van der Waals surface area contributed by atoms with E-state index in [0.29, 0.717) is 31.2 Å². The van der Waals surface area contributed by atoms with Crippen molar-refractivity contribution in [1.29, 1.82) is 0 Å². The van der Waals surface area contributed by atoms with Gasteiger partial charge in [-0.25, -0.2) is 13.6 Å². The number of amides is 2. The molecule has 2 amide bonds. The highest BCUT2D eigenvalue weighted by Gasteiger charge is 2.23. The SMILES string of the molecule is Cc1cc(C)c(N2CCN(C(=O)Nc3ccc(F)c(F)c3)CC2)c(Cl)c1. The summed E-state index contributed by atoms with van der Waals surface area (Å²) in [7, 11) is 0. The molecule has 2 aromatic carbocycles. The van der Waals surface area contributed by atoms with Crippen LogP contribution in [0.3, 0.4) is 0 Å². The molecule has 1 aliphatic rings. The summed E-state index contributed by atoms with van der Waals surface area (Å²) in [6.07, 6.45) is 0. The van der Waals surface area contributed by atoms with Crippen LogP contribution in [-0.4, -0.2) is 37.1 Å². The molecule has 0 bridgehead atoms. The van der Waals surface area contributed by atoms with Crippen molar-refractivity contribution in [2.24, 2.45) is 0 Å². The van der Waals surface area contributed by atoms with Crippen molar-refractivity contribution in [2.75, 3.05) is 36.4 Å². The van der Waals surface area contributed by atoms with Gasteiger partial charge in [-0.3, -0.25) is 0 Å². The Balaban J connectivity index is 1.63. The summed E-state index contributed by atoms with van der Waals surface area (Å²) in [5.74, 6) is -1.93. The van der Waals surface area contributed by atoms with Crippen LogP contribution in [0, 0.1) is 25.5 Å². The van der Waals surface area contributed by atoms with E-state index in [2.05, 4.69) is 16.3 Å². The zero-order chi connectivity index (χ0) is 18.8. The van der Waals surface area contributed by atoms with Crippen LogP contribution in [0.1, 0.15) is 11.1 Å². The number of hydrogen-bond acceptors (Lipinski definition) is 2. The van der Waals surface area contributed by atoms with Crippen molar-refractivity contribution < 1.29 is 13.6 Å². The van der Waals surface area contributed by atoms with E-state index in [0.717, 1.165) is 28.9 Å². The summed E-state index contributed by atoms with van der Waals surface area (Å²) in [6.45, 7) is 6.35. The largest absolute Gasteiger partial charge is 0.367 e. The monoisotopic (exact) mass is 379 g/mol. The van der Waals surface area contributed by atoms with Crippen LogP contribution >= 0.6 is 11.6 Å². The van der Waals surface area contributed by atoms with E-state index in [-0.39, 0.29) is 11.7 Å². The molecule has 1 fully saturated rings. The third kappa shape index (κ3) is 3.90. The van der Waals surface area contributed by atoms with E-state index >= 15 is 0 Å². The minimum absolute atomic E-state index is 0.230. The minimum Gasteiger partial charge on any atom is -0.367 e. The smallest absolute Gasteiger partial charge is 0.321 e. The number of rotatable bonds is 2. The topological polar surface area (TPSA) is 35.6 Å². The molecule has 1 aliphatic heterocycles. The predicted molar refractivity (Wildman–Crippen MR) is 100 cm³/mol. The van der Waals surface area contributed by atoms with Crippen LogP contribution in [0.15, 0.2) is 30.3 Å². The Morgan fingerprint density at radius 2 is 1.73 bits per heavy atom. The van der Waals surface area contributed by atoms with Crippen LogP contribution in [-0.2, 0) is 0 Å². The normalized spacial score (nSPS) is 14.5. The maximum atomic E-state index is 13.3. The maximum absolute atomic E-state index is 13.3. The van der Waals surface area contributed by atoms with E-state index in [9.17, 15) is 13.6 Å². The molecule has 26 heavy (non-hydrogen) atoms. The van der Waals surface area contributed by atoms with Gasteiger partial charge >= 0.3 is 6.03 Å². The summed E-state index contributed by atoms with van der Waals surface area (Å²) >= 11 is 6.40. The fourth-order valence-corrected chi connectivity index (χ4v) is 3.66. The number of hydrogen-bond donors (Lipinski definition) is 1. The molecule has 7 heteroatoms. The van der Waals surface area contributed by atoms with Crippen LogP contribution < -0.4 is 10.2 Å². The molecule has 1 N–H and O–H groups in total. The second-order valence-electron chi connectivity index (χ2n) is 6.45. The summed E-state index contributed by atoms with van der Waals surface area (Å²) in [4.78, 5) is 16.2. The van der Waals surface area contributed by atoms with E-state index < -0.39 is 11.6 Å². The number of anilines is 2. The number of urea groups is 1. The van der Waals surface area contributed by atoms with Crippen molar-refractivity contribution in [1.82, 2.24) is 4.90 Å². The Bertz CT molecular complexity index is 813. The highest BCUT2D eigenvalue weighted by atomic mass is 35.5. The standard InChI is InChI=1S/C19H20ClF2N3O/c1-12-9-13(2)18(15(20)10-12)24-5-7-25(8-6-24)19(26)23-14-3-4-16(21)17(22)11-14/h3-4,9-11H,5-8H2,1-2H3,(H,23,26). The Labute approximate surface area is 156 Å². The second-order valence-corrected chi connectivity index (χ2v) is 6.85. The van der Waals surface area contributed by atoms with Crippen LogP contribution in [0.4, 0.5) is 25.0 Å². The van der Waals surface area contributed by atoms with Crippen LogP contribution in [0.5, 0.6) is 0 Å². The number of piperazine rings is 1. The fraction of sp³-hybridized carbons (Fsp3) is 0.316. The second kappa shape index (κ2) is 7.50. The van der Waals surface area contributed by atoms with Gasteiger partial charge in [0.2, 0.25) is 0 Å².